The van der Waals surface area contributed by atoms with E-state index in [0.717, 1.165) is 11.6 Å². The van der Waals surface area contributed by atoms with Crippen LogP contribution in [0, 0.1) is 15.9 Å². The summed E-state index contributed by atoms with van der Waals surface area (Å²) >= 11 is 3.16. The molecule has 2 aromatic rings. The average Bonchev–Trinajstić information content (AvgIpc) is 2.65. The Kier molecular flexibility index (Phi) is 5.89. The molecular weight excluding hydrogens is 441 g/mol. The minimum atomic E-state index is -3.78. The Labute approximate surface area is 164 Å². The second kappa shape index (κ2) is 8.01. The molecule has 2 aromatic carbocycles. The monoisotopic (exact) mass is 457 g/mol. The highest BCUT2D eigenvalue weighted by Gasteiger charge is 2.29. The Morgan fingerprint density at radius 1 is 1.11 bits per heavy atom. The zero-order valence-electron chi connectivity index (χ0n) is 14.2. The molecule has 144 valence electrons. The first-order valence-corrected chi connectivity index (χ1v) is 10.4. The van der Waals surface area contributed by atoms with Gasteiger partial charge in [-0.2, -0.15) is 4.31 Å². The fourth-order valence-corrected chi connectivity index (χ4v) is 4.82. The predicted molar refractivity (Wildman–Crippen MR) is 101 cm³/mol. The molecule has 0 aromatic heterocycles. The third kappa shape index (κ3) is 4.52. The standard InChI is InChI=1S/C17H17BrFN3O4S/c18-16-10-13(4-5-17(16)19)12-20-6-8-21(9-7-20)27(25,26)15-3-1-2-14(11-15)22(23)24/h1-5,10-11H,6-9,12H2. The number of hydrogen-bond donors (Lipinski definition) is 0. The molecule has 1 aliphatic rings. The highest BCUT2D eigenvalue weighted by Crippen LogP contribution is 2.23. The van der Waals surface area contributed by atoms with Crippen LogP contribution in [0.2, 0.25) is 0 Å². The molecule has 0 amide bonds. The van der Waals surface area contributed by atoms with Crippen molar-refractivity contribution in [2.45, 2.75) is 11.4 Å². The van der Waals surface area contributed by atoms with Crippen molar-refractivity contribution in [2.75, 3.05) is 26.2 Å². The van der Waals surface area contributed by atoms with Gasteiger partial charge in [-0.05, 0) is 39.7 Å². The lowest BCUT2D eigenvalue weighted by molar-refractivity contribution is -0.385. The van der Waals surface area contributed by atoms with Gasteiger partial charge in [-0.3, -0.25) is 15.0 Å². The van der Waals surface area contributed by atoms with E-state index in [2.05, 4.69) is 20.8 Å². The van der Waals surface area contributed by atoms with Crippen LogP contribution in [0.3, 0.4) is 0 Å². The van der Waals surface area contributed by atoms with E-state index in [0.29, 0.717) is 24.1 Å². The van der Waals surface area contributed by atoms with Crippen LogP contribution < -0.4 is 0 Å². The van der Waals surface area contributed by atoms with Gasteiger partial charge in [0.15, 0.2) is 0 Å². The maximum absolute atomic E-state index is 13.3. The Morgan fingerprint density at radius 3 is 2.44 bits per heavy atom. The zero-order chi connectivity index (χ0) is 19.6. The second-order valence-electron chi connectivity index (χ2n) is 6.18. The molecule has 0 aliphatic carbocycles. The molecule has 0 N–H and O–H groups in total. The van der Waals surface area contributed by atoms with E-state index in [1.165, 1.54) is 28.6 Å². The lowest BCUT2D eigenvalue weighted by Crippen LogP contribution is -2.48. The van der Waals surface area contributed by atoms with Crippen LogP contribution in [0.5, 0.6) is 0 Å². The van der Waals surface area contributed by atoms with Crippen LogP contribution in [-0.2, 0) is 16.6 Å². The van der Waals surface area contributed by atoms with Crippen molar-refractivity contribution in [1.29, 1.82) is 0 Å². The van der Waals surface area contributed by atoms with Crippen molar-refractivity contribution in [2.24, 2.45) is 0 Å². The third-order valence-corrected chi connectivity index (χ3v) is 6.89. The Bertz CT molecular complexity index is 962. The molecule has 1 saturated heterocycles. The number of nitro benzene ring substituents is 1. The van der Waals surface area contributed by atoms with Gasteiger partial charge in [-0.25, -0.2) is 12.8 Å². The number of hydrogen-bond acceptors (Lipinski definition) is 5. The summed E-state index contributed by atoms with van der Waals surface area (Å²) in [6.07, 6.45) is 0. The van der Waals surface area contributed by atoms with E-state index in [9.17, 15) is 22.9 Å². The average molecular weight is 458 g/mol. The van der Waals surface area contributed by atoms with Crippen molar-refractivity contribution < 1.29 is 17.7 Å². The van der Waals surface area contributed by atoms with Crippen LogP contribution in [0.15, 0.2) is 51.8 Å². The number of halogens is 2. The molecule has 7 nitrogen and oxygen atoms in total. The summed E-state index contributed by atoms with van der Waals surface area (Å²) in [6.45, 7) is 2.19. The third-order valence-electron chi connectivity index (χ3n) is 4.39. The van der Waals surface area contributed by atoms with Gasteiger partial charge in [-0.1, -0.05) is 12.1 Å². The fraction of sp³-hybridized carbons (Fsp3) is 0.294. The van der Waals surface area contributed by atoms with Gasteiger partial charge in [0.05, 0.1) is 14.3 Å². The topological polar surface area (TPSA) is 83.8 Å². The normalized spacial score (nSPS) is 16.4. The Balaban J connectivity index is 1.66. The zero-order valence-corrected chi connectivity index (χ0v) is 16.6. The molecule has 1 aliphatic heterocycles. The molecule has 27 heavy (non-hydrogen) atoms. The first-order chi connectivity index (χ1) is 12.8. The van der Waals surface area contributed by atoms with E-state index in [1.807, 2.05) is 0 Å². The molecule has 1 fully saturated rings. The molecule has 0 saturated carbocycles. The molecule has 0 unspecified atom stereocenters. The van der Waals surface area contributed by atoms with Gasteiger partial charge in [-0.15, -0.1) is 0 Å². The maximum Gasteiger partial charge on any atom is 0.270 e. The minimum absolute atomic E-state index is 0.0763. The smallest absolute Gasteiger partial charge is 0.270 e. The first kappa shape index (κ1) is 19.9. The lowest BCUT2D eigenvalue weighted by atomic mass is 10.2. The molecule has 0 atom stereocenters. The first-order valence-electron chi connectivity index (χ1n) is 8.18. The largest absolute Gasteiger partial charge is 0.296 e. The summed E-state index contributed by atoms with van der Waals surface area (Å²) in [5.41, 5.74) is 0.676. The number of nitrogens with zero attached hydrogens (tertiary/aromatic N) is 3. The number of benzene rings is 2. The summed E-state index contributed by atoms with van der Waals surface area (Å²) in [5.74, 6) is -0.327. The summed E-state index contributed by atoms with van der Waals surface area (Å²) in [4.78, 5) is 12.3. The van der Waals surface area contributed by atoms with Crippen molar-refractivity contribution >= 4 is 31.6 Å². The molecule has 0 spiro atoms. The maximum atomic E-state index is 13.3. The van der Waals surface area contributed by atoms with Crippen LogP contribution >= 0.6 is 15.9 Å². The number of non-ortho nitro benzene ring substituents is 1. The predicted octanol–water partition coefficient (Wildman–Crippen LogP) is 3.00. The molecule has 3 rings (SSSR count). The van der Waals surface area contributed by atoms with Crippen molar-refractivity contribution in [3.63, 3.8) is 0 Å². The quantitative estimate of drug-likeness (QED) is 0.508. The van der Waals surface area contributed by atoms with Crippen molar-refractivity contribution in [3.05, 3.63) is 68.4 Å². The minimum Gasteiger partial charge on any atom is -0.296 e. The van der Waals surface area contributed by atoms with Gasteiger partial charge in [0.1, 0.15) is 5.82 Å². The van der Waals surface area contributed by atoms with E-state index in [-0.39, 0.29) is 29.5 Å². The van der Waals surface area contributed by atoms with E-state index in [4.69, 9.17) is 0 Å². The van der Waals surface area contributed by atoms with E-state index < -0.39 is 14.9 Å². The number of rotatable bonds is 5. The van der Waals surface area contributed by atoms with Crippen LogP contribution in [0.25, 0.3) is 0 Å². The number of nitro groups is 1. The van der Waals surface area contributed by atoms with Gasteiger partial charge in [0.25, 0.3) is 5.69 Å². The van der Waals surface area contributed by atoms with Crippen LogP contribution in [0.1, 0.15) is 5.56 Å². The van der Waals surface area contributed by atoms with Gasteiger partial charge >= 0.3 is 0 Å². The molecule has 0 radical (unpaired) electrons. The van der Waals surface area contributed by atoms with Crippen LogP contribution in [-0.4, -0.2) is 48.7 Å². The van der Waals surface area contributed by atoms with Crippen molar-refractivity contribution in [3.8, 4) is 0 Å². The van der Waals surface area contributed by atoms with Gasteiger partial charge in [0, 0.05) is 44.9 Å². The number of sulfonamides is 1. The molecular formula is C17H17BrFN3O4S. The summed E-state index contributed by atoms with van der Waals surface area (Å²) in [7, 11) is -3.78. The number of piperazine rings is 1. The van der Waals surface area contributed by atoms with Gasteiger partial charge in [0.2, 0.25) is 10.0 Å². The second-order valence-corrected chi connectivity index (χ2v) is 8.98. The molecule has 10 heteroatoms. The van der Waals surface area contributed by atoms with E-state index >= 15 is 0 Å². The highest BCUT2D eigenvalue weighted by atomic mass is 79.9. The van der Waals surface area contributed by atoms with Crippen LogP contribution in [0.4, 0.5) is 10.1 Å². The summed E-state index contributed by atoms with van der Waals surface area (Å²) in [5, 5.41) is 10.9. The summed E-state index contributed by atoms with van der Waals surface area (Å²) < 4.78 is 40.5. The fourth-order valence-electron chi connectivity index (χ4n) is 2.93. The van der Waals surface area contributed by atoms with E-state index in [1.54, 1.807) is 12.1 Å². The van der Waals surface area contributed by atoms with Crippen molar-refractivity contribution in [1.82, 2.24) is 9.21 Å². The Hall–Kier alpha value is -1.88. The highest BCUT2D eigenvalue weighted by molar-refractivity contribution is 9.10. The SMILES string of the molecule is O=[N+]([O-])c1cccc(S(=O)(=O)N2CCN(Cc3ccc(F)c(Br)c3)CC2)c1. The lowest BCUT2D eigenvalue weighted by Gasteiger charge is -2.34. The Morgan fingerprint density at radius 2 is 1.81 bits per heavy atom. The van der Waals surface area contributed by atoms with Gasteiger partial charge < -0.3 is 0 Å². The molecule has 1 heterocycles. The molecule has 0 bridgehead atoms. The summed E-state index contributed by atoms with van der Waals surface area (Å²) in [6, 6.07) is 9.88.